The number of hydrogen-bond donors (Lipinski definition) is 3. The topological polar surface area (TPSA) is 84.9 Å². The van der Waals surface area contributed by atoms with Crippen LogP contribution in [0.5, 0.6) is 5.75 Å². The van der Waals surface area contributed by atoms with Crippen LogP contribution in [0.15, 0.2) is 46.9 Å². The van der Waals surface area contributed by atoms with E-state index >= 15 is 0 Å². The lowest BCUT2D eigenvalue weighted by Crippen LogP contribution is -2.18. The number of aromatic hydroxyl groups is 1. The van der Waals surface area contributed by atoms with Gasteiger partial charge in [0, 0.05) is 10.2 Å². The van der Waals surface area contributed by atoms with Crippen LogP contribution < -0.4 is 5.32 Å². The fourth-order valence-corrected chi connectivity index (χ4v) is 2.68. The molecule has 6 nitrogen and oxygen atoms in total. The number of nitrogens with one attached hydrogen (secondary N) is 1. The van der Waals surface area contributed by atoms with Gasteiger partial charge in [-0.3, -0.25) is 10.1 Å². The van der Waals surface area contributed by atoms with Gasteiger partial charge in [0.1, 0.15) is 6.10 Å². The fraction of sp³-hybridized carbons (Fsp3) is 0.263. The first-order valence-electron chi connectivity index (χ1n) is 8.37. The Morgan fingerprint density at radius 1 is 1.21 bits per heavy atom. The zero-order chi connectivity index (χ0) is 20.5. The average molecular weight is 472 g/mol. The Kier molecular flexibility index (Phi) is 8.59. The third-order valence-corrected chi connectivity index (χ3v) is 4.47. The van der Waals surface area contributed by atoms with Crippen LogP contribution in [0.1, 0.15) is 24.5 Å². The van der Waals surface area contributed by atoms with Crippen LogP contribution in [0.4, 0.5) is 14.9 Å². The van der Waals surface area contributed by atoms with Gasteiger partial charge >= 0.3 is 12.1 Å². The van der Waals surface area contributed by atoms with E-state index in [4.69, 9.17) is 9.47 Å². The van der Waals surface area contributed by atoms with Crippen LogP contribution >= 0.6 is 28.6 Å². The van der Waals surface area contributed by atoms with Crippen molar-refractivity contribution in [2.24, 2.45) is 0 Å². The van der Waals surface area contributed by atoms with Gasteiger partial charge in [-0.15, -0.1) is 0 Å². The van der Waals surface area contributed by atoms with E-state index in [0.717, 1.165) is 10.5 Å². The maximum Gasteiger partial charge on any atom is 0.412 e. The van der Waals surface area contributed by atoms with Gasteiger partial charge < -0.3 is 14.6 Å². The van der Waals surface area contributed by atoms with Crippen LogP contribution in [0.3, 0.4) is 0 Å². The zero-order valence-electron chi connectivity index (χ0n) is 14.7. The number of esters is 1. The average Bonchev–Trinajstić information content (AvgIpc) is 2.68. The molecule has 1 atom stereocenters. The smallest absolute Gasteiger partial charge is 0.412 e. The van der Waals surface area contributed by atoms with Gasteiger partial charge in [-0.25, -0.2) is 9.18 Å². The zero-order valence-corrected chi connectivity index (χ0v) is 17.2. The van der Waals surface area contributed by atoms with Gasteiger partial charge in [-0.1, -0.05) is 22.0 Å². The number of benzene rings is 2. The fourth-order valence-electron chi connectivity index (χ4n) is 2.33. The number of carbonyl (C=O) groups excluding carboxylic acids is 2. The molecule has 2 N–H and O–H groups in total. The first-order valence-corrected chi connectivity index (χ1v) is 9.79. The molecule has 0 aromatic heterocycles. The molecular weight excluding hydrogens is 453 g/mol. The van der Waals surface area contributed by atoms with Crippen molar-refractivity contribution in [2.75, 3.05) is 17.7 Å². The first kappa shape index (κ1) is 22.0. The quantitative estimate of drug-likeness (QED) is 0.291. The molecule has 1 amide bonds. The van der Waals surface area contributed by atoms with Crippen LogP contribution in [-0.4, -0.2) is 29.5 Å². The molecule has 150 valence electrons. The Labute approximate surface area is 175 Å². The van der Waals surface area contributed by atoms with Crippen LogP contribution in [0.25, 0.3) is 0 Å². The highest BCUT2D eigenvalue weighted by molar-refractivity contribution is 9.10. The minimum Gasteiger partial charge on any atom is -0.505 e. The second-order valence-electron chi connectivity index (χ2n) is 5.76. The van der Waals surface area contributed by atoms with E-state index in [9.17, 15) is 19.1 Å². The number of rotatable bonds is 8. The molecule has 28 heavy (non-hydrogen) atoms. The van der Waals surface area contributed by atoms with Crippen molar-refractivity contribution in [1.29, 1.82) is 0 Å². The summed E-state index contributed by atoms with van der Waals surface area (Å²) in [5.41, 5.74) is 0.910. The molecule has 0 aliphatic carbocycles. The number of phenolic OH excluding ortho intramolecular Hbond substituents is 1. The molecule has 2 aromatic rings. The van der Waals surface area contributed by atoms with Crippen molar-refractivity contribution >= 4 is 46.3 Å². The van der Waals surface area contributed by atoms with Crippen molar-refractivity contribution in [1.82, 2.24) is 0 Å². The summed E-state index contributed by atoms with van der Waals surface area (Å²) in [5, 5.41) is 12.0. The number of ether oxygens (including phenoxy) is 2. The van der Waals surface area contributed by atoms with Crippen molar-refractivity contribution < 1.29 is 28.6 Å². The molecule has 9 heteroatoms. The van der Waals surface area contributed by atoms with Crippen LogP contribution in [0.2, 0.25) is 0 Å². The van der Waals surface area contributed by atoms with E-state index in [1.807, 2.05) is 0 Å². The number of anilines is 1. The highest BCUT2D eigenvalue weighted by Crippen LogP contribution is 2.27. The summed E-state index contributed by atoms with van der Waals surface area (Å²) in [5.74, 6) is -1.80. The third kappa shape index (κ3) is 7.05. The predicted molar refractivity (Wildman–Crippen MR) is 109 cm³/mol. The van der Waals surface area contributed by atoms with Crippen molar-refractivity contribution in [2.45, 2.75) is 18.9 Å². The molecule has 0 radical (unpaired) electrons. The molecule has 0 saturated heterocycles. The van der Waals surface area contributed by atoms with Gasteiger partial charge in [0.2, 0.25) is 0 Å². The molecule has 0 aliphatic rings. The lowest BCUT2D eigenvalue weighted by molar-refractivity contribution is -0.140. The van der Waals surface area contributed by atoms with E-state index in [1.165, 1.54) is 12.1 Å². The summed E-state index contributed by atoms with van der Waals surface area (Å²) >= 11 is 7.12. The van der Waals surface area contributed by atoms with Gasteiger partial charge in [0.15, 0.2) is 11.6 Å². The molecule has 0 aliphatic heterocycles. The van der Waals surface area contributed by atoms with Crippen molar-refractivity contribution in [3.63, 3.8) is 0 Å². The standard InChI is InChI=1S/C19H19BrFNO5S/c20-13-4-6-14(7-5-13)22-19(25)27-17(2-1-9-26-18(24)11-28)12-3-8-16(23)15(21)10-12/h3-8,10,17,23,28H,1-2,9,11H2,(H,22,25)/t17-/m1/s1. The monoisotopic (exact) mass is 471 g/mol. The molecule has 0 bridgehead atoms. The van der Waals surface area contributed by atoms with E-state index in [1.54, 1.807) is 24.3 Å². The van der Waals surface area contributed by atoms with Gasteiger partial charge in [-0.05, 0) is 54.8 Å². The third-order valence-electron chi connectivity index (χ3n) is 3.69. The van der Waals surface area contributed by atoms with Crippen molar-refractivity contribution in [3.05, 3.63) is 58.3 Å². The molecule has 0 unspecified atom stereocenters. The number of amides is 1. The Balaban J connectivity index is 2.03. The highest BCUT2D eigenvalue weighted by atomic mass is 79.9. The summed E-state index contributed by atoms with van der Waals surface area (Å²) in [6, 6.07) is 10.7. The van der Waals surface area contributed by atoms with Crippen LogP contribution in [0, 0.1) is 5.82 Å². The van der Waals surface area contributed by atoms with Gasteiger partial charge in [0.05, 0.1) is 12.4 Å². The summed E-state index contributed by atoms with van der Waals surface area (Å²) in [4.78, 5) is 23.4. The minimum atomic E-state index is -0.819. The van der Waals surface area contributed by atoms with Gasteiger partial charge in [-0.2, -0.15) is 12.6 Å². The molecule has 0 heterocycles. The van der Waals surface area contributed by atoms with Gasteiger partial charge in [0.25, 0.3) is 0 Å². The summed E-state index contributed by atoms with van der Waals surface area (Å²) < 4.78 is 24.9. The van der Waals surface area contributed by atoms with Crippen molar-refractivity contribution in [3.8, 4) is 5.75 Å². The van der Waals surface area contributed by atoms with E-state index < -0.39 is 29.7 Å². The molecular formula is C19H19BrFNO5S. The largest absolute Gasteiger partial charge is 0.505 e. The highest BCUT2D eigenvalue weighted by Gasteiger charge is 2.19. The predicted octanol–water partition coefficient (Wildman–Crippen LogP) is 4.84. The number of halogens is 2. The maximum atomic E-state index is 13.7. The number of phenols is 1. The molecule has 0 fully saturated rings. The summed E-state index contributed by atoms with van der Waals surface area (Å²) in [6.45, 7) is 0.119. The summed E-state index contributed by atoms with van der Waals surface area (Å²) in [7, 11) is 0. The van der Waals surface area contributed by atoms with Crippen LogP contribution in [-0.2, 0) is 14.3 Å². The van der Waals surface area contributed by atoms with E-state index in [0.29, 0.717) is 17.7 Å². The minimum absolute atomic E-state index is 0.0291. The Hall–Kier alpha value is -2.26. The Morgan fingerprint density at radius 3 is 2.57 bits per heavy atom. The molecule has 2 rings (SSSR count). The first-order chi connectivity index (χ1) is 13.4. The SMILES string of the molecule is O=C(CS)OCCC[C@@H](OC(=O)Nc1ccc(Br)cc1)c1ccc(O)c(F)c1. The normalized spacial score (nSPS) is 11.5. The van der Waals surface area contributed by atoms with E-state index in [2.05, 4.69) is 33.9 Å². The maximum absolute atomic E-state index is 13.7. The molecule has 2 aromatic carbocycles. The lowest BCUT2D eigenvalue weighted by atomic mass is 10.0. The van der Waals surface area contributed by atoms with E-state index in [-0.39, 0.29) is 18.8 Å². The lowest BCUT2D eigenvalue weighted by Gasteiger charge is -2.19. The Bertz CT molecular complexity index is 818. The number of carbonyl (C=O) groups is 2. The number of thiol groups is 1. The molecule has 0 saturated carbocycles. The Morgan fingerprint density at radius 2 is 1.93 bits per heavy atom. The number of hydrogen-bond acceptors (Lipinski definition) is 6. The second-order valence-corrected chi connectivity index (χ2v) is 6.99. The summed E-state index contributed by atoms with van der Waals surface area (Å²) in [6.07, 6.45) is -0.829. The molecule has 0 spiro atoms. The second kappa shape index (κ2) is 10.9.